The SMILES string of the molecule is Cc1nc(C)c2c(C)c(C(=O)Nc3cc4c(cc3Cl)OCCO4)sc2n1. The van der Waals surface area contributed by atoms with E-state index < -0.39 is 0 Å². The summed E-state index contributed by atoms with van der Waals surface area (Å²) in [5, 5.41) is 4.19. The van der Waals surface area contributed by atoms with Gasteiger partial charge in [0.2, 0.25) is 0 Å². The Balaban J connectivity index is 1.70. The number of carbonyl (C=O) groups is 1. The summed E-state index contributed by atoms with van der Waals surface area (Å²) < 4.78 is 11.1. The van der Waals surface area contributed by atoms with E-state index in [1.807, 2.05) is 20.8 Å². The predicted molar refractivity (Wildman–Crippen MR) is 102 cm³/mol. The molecule has 8 heteroatoms. The normalized spacial score (nSPS) is 13.1. The maximum atomic E-state index is 12.8. The monoisotopic (exact) mass is 389 g/mol. The van der Waals surface area contributed by atoms with E-state index in [-0.39, 0.29) is 5.91 Å². The Morgan fingerprint density at radius 2 is 1.85 bits per heavy atom. The molecule has 1 N–H and O–H groups in total. The Labute approximate surface area is 159 Å². The minimum Gasteiger partial charge on any atom is -0.486 e. The van der Waals surface area contributed by atoms with Crippen molar-refractivity contribution in [3.05, 3.63) is 39.1 Å². The first-order valence-electron chi connectivity index (χ1n) is 8.09. The number of anilines is 1. The van der Waals surface area contributed by atoms with Gasteiger partial charge in [-0.15, -0.1) is 11.3 Å². The van der Waals surface area contributed by atoms with Gasteiger partial charge in [0.1, 0.15) is 23.9 Å². The summed E-state index contributed by atoms with van der Waals surface area (Å²) >= 11 is 7.64. The molecule has 0 spiro atoms. The largest absolute Gasteiger partial charge is 0.486 e. The van der Waals surface area contributed by atoms with Gasteiger partial charge in [-0.3, -0.25) is 4.79 Å². The van der Waals surface area contributed by atoms with Crippen LogP contribution in [0.4, 0.5) is 5.69 Å². The molecule has 1 aliphatic rings. The fourth-order valence-electron chi connectivity index (χ4n) is 3.03. The van der Waals surface area contributed by atoms with Crippen molar-refractivity contribution in [1.82, 2.24) is 9.97 Å². The number of halogens is 1. The highest BCUT2D eigenvalue weighted by atomic mass is 35.5. The van der Waals surface area contributed by atoms with E-state index in [1.54, 1.807) is 12.1 Å². The van der Waals surface area contributed by atoms with Crippen molar-refractivity contribution in [2.24, 2.45) is 0 Å². The highest BCUT2D eigenvalue weighted by Gasteiger charge is 2.21. The number of amides is 1. The molecule has 26 heavy (non-hydrogen) atoms. The summed E-state index contributed by atoms with van der Waals surface area (Å²) in [6.07, 6.45) is 0. The molecular formula is C18H16ClN3O3S. The average molecular weight is 390 g/mol. The van der Waals surface area contributed by atoms with Crippen LogP contribution in [0.5, 0.6) is 11.5 Å². The number of nitrogens with one attached hydrogen (secondary N) is 1. The van der Waals surface area contributed by atoms with Crippen molar-refractivity contribution in [1.29, 1.82) is 0 Å². The number of thiophene rings is 1. The standard InChI is InChI=1S/C18H16ClN3O3S/c1-8-15-9(2)20-10(3)21-18(15)26-16(8)17(23)22-12-7-14-13(6-11(12)19)24-4-5-25-14/h6-7H,4-5H2,1-3H3,(H,22,23). The van der Waals surface area contributed by atoms with Gasteiger partial charge in [-0.05, 0) is 26.3 Å². The number of rotatable bonds is 2. The van der Waals surface area contributed by atoms with E-state index in [9.17, 15) is 4.79 Å². The zero-order valence-corrected chi connectivity index (χ0v) is 16.0. The molecule has 134 valence electrons. The second kappa shape index (κ2) is 6.41. The van der Waals surface area contributed by atoms with Crippen LogP contribution in [0.15, 0.2) is 12.1 Å². The first-order chi connectivity index (χ1) is 12.4. The van der Waals surface area contributed by atoms with E-state index in [4.69, 9.17) is 21.1 Å². The van der Waals surface area contributed by atoms with Crippen LogP contribution in [0.2, 0.25) is 5.02 Å². The van der Waals surface area contributed by atoms with Crippen LogP contribution >= 0.6 is 22.9 Å². The van der Waals surface area contributed by atoms with Crippen LogP contribution in [-0.2, 0) is 0 Å². The van der Waals surface area contributed by atoms with E-state index in [1.165, 1.54) is 11.3 Å². The number of aryl methyl sites for hydroxylation is 3. The van der Waals surface area contributed by atoms with Gasteiger partial charge in [0.25, 0.3) is 5.91 Å². The van der Waals surface area contributed by atoms with Crippen LogP contribution < -0.4 is 14.8 Å². The zero-order chi connectivity index (χ0) is 18.4. The number of aromatic nitrogens is 2. The van der Waals surface area contributed by atoms with Gasteiger partial charge < -0.3 is 14.8 Å². The molecule has 3 aromatic rings. The summed E-state index contributed by atoms with van der Waals surface area (Å²) in [4.78, 5) is 23.1. The van der Waals surface area contributed by atoms with E-state index in [0.717, 1.165) is 21.5 Å². The molecule has 1 amide bonds. The van der Waals surface area contributed by atoms with Crippen LogP contribution in [0, 0.1) is 20.8 Å². The summed E-state index contributed by atoms with van der Waals surface area (Å²) in [7, 11) is 0. The topological polar surface area (TPSA) is 73.3 Å². The molecule has 0 fully saturated rings. The predicted octanol–water partition coefficient (Wildman–Crippen LogP) is 4.29. The summed E-state index contributed by atoms with van der Waals surface area (Å²) in [6, 6.07) is 3.34. The van der Waals surface area contributed by atoms with Gasteiger partial charge >= 0.3 is 0 Å². The Kier molecular flexibility index (Phi) is 4.20. The maximum Gasteiger partial charge on any atom is 0.266 e. The van der Waals surface area contributed by atoms with Crippen molar-refractivity contribution in [3.8, 4) is 11.5 Å². The Morgan fingerprint density at radius 1 is 1.15 bits per heavy atom. The van der Waals surface area contributed by atoms with Crippen LogP contribution in [0.25, 0.3) is 10.2 Å². The molecule has 3 heterocycles. The summed E-state index contributed by atoms with van der Waals surface area (Å²) in [6.45, 7) is 6.63. The number of fused-ring (bicyclic) bond motifs is 2. The molecule has 1 aliphatic heterocycles. The van der Waals surface area contributed by atoms with E-state index in [2.05, 4.69) is 15.3 Å². The number of nitrogens with zero attached hydrogens (tertiary/aromatic N) is 2. The molecule has 0 radical (unpaired) electrons. The third-order valence-corrected chi connectivity index (χ3v) is 5.67. The van der Waals surface area contributed by atoms with Crippen molar-refractivity contribution < 1.29 is 14.3 Å². The minimum absolute atomic E-state index is 0.235. The second-order valence-corrected chi connectivity index (χ2v) is 7.43. The van der Waals surface area contributed by atoms with Crippen molar-refractivity contribution in [2.75, 3.05) is 18.5 Å². The smallest absolute Gasteiger partial charge is 0.266 e. The highest BCUT2D eigenvalue weighted by Crippen LogP contribution is 2.39. The number of carbonyl (C=O) groups excluding carboxylic acids is 1. The molecule has 0 saturated heterocycles. The molecular weight excluding hydrogens is 374 g/mol. The lowest BCUT2D eigenvalue weighted by molar-refractivity contribution is 0.103. The van der Waals surface area contributed by atoms with Crippen molar-refractivity contribution in [2.45, 2.75) is 20.8 Å². The third-order valence-electron chi connectivity index (χ3n) is 4.17. The molecule has 2 aromatic heterocycles. The molecule has 0 atom stereocenters. The lowest BCUT2D eigenvalue weighted by atomic mass is 10.1. The number of hydrogen-bond donors (Lipinski definition) is 1. The molecule has 6 nitrogen and oxygen atoms in total. The second-order valence-electron chi connectivity index (χ2n) is 6.02. The summed E-state index contributed by atoms with van der Waals surface area (Å²) in [5.41, 5.74) is 2.23. The van der Waals surface area contributed by atoms with Gasteiger partial charge in [0, 0.05) is 23.2 Å². The first kappa shape index (κ1) is 17.1. The summed E-state index contributed by atoms with van der Waals surface area (Å²) in [5.74, 6) is 1.61. The number of benzene rings is 1. The average Bonchev–Trinajstić information content (AvgIpc) is 2.92. The highest BCUT2D eigenvalue weighted by molar-refractivity contribution is 7.20. The number of ether oxygens (including phenoxy) is 2. The Morgan fingerprint density at radius 3 is 2.58 bits per heavy atom. The van der Waals surface area contributed by atoms with Crippen LogP contribution in [0.3, 0.4) is 0 Å². The molecule has 0 unspecified atom stereocenters. The molecule has 0 saturated carbocycles. The van der Waals surface area contributed by atoms with Gasteiger partial charge in [-0.25, -0.2) is 9.97 Å². The Bertz CT molecular complexity index is 1050. The maximum absolute atomic E-state index is 12.8. The van der Waals surface area contributed by atoms with E-state index >= 15 is 0 Å². The number of hydrogen-bond acceptors (Lipinski definition) is 6. The third kappa shape index (κ3) is 2.87. The van der Waals surface area contributed by atoms with Crippen molar-refractivity contribution in [3.63, 3.8) is 0 Å². The van der Waals surface area contributed by atoms with Gasteiger partial charge in [-0.2, -0.15) is 0 Å². The van der Waals surface area contributed by atoms with Gasteiger partial charge in [0.05, 0.1) is 15.6 Å². The fraction of sp³-hybridized carbons (Fsp3) is 0.278. The van der Waals surface area contributed by atoms with Crippen LogP contribution in [-0.4, -0.2) is 29.1 Å². The molecule has 0 bridgehead atoms. The minimum atomic E-state index is -0.235. The van der Waals surface area contributed by atoms with Gasteiger partial charge in [0.15, 0.2) is 11.5 Å². The molecule has 0 aliphatic carbocycles. The lowest BCUT2D eigenvalue weighted by Crippen LogP contribution is -2.16. The fourth-order valence-corrected chi connectivity index (χ4v) is 4.40. The molecule has 4 rings (SSSR count). The van der Waals surface area contributed by atoms with Gasteiger partial charge in [-0.1, -0.05) is 11.6 Å². The Hall–Kier alpha value is -2.38. The van der Waals surface area contributed by atoms with E-state index in [0.29, 0.717) is 46.1 Å². The first-order valence-corrected chi connectivity index (χ1v) is 9.28. The van der Waals surface area contributed by atoms with Crippen molar-refractivity contribution >= 4 is 44.7 Å². The zero-order valence-electron chi connectivity index (χ0n) is 14.5. The lowest BCUT2D eigenvalue weighted by Gasteiger charge is -2.20. The van der Waals surface area contributed by atoms with Crippen LogP contribution in [0.1, 0.15) is 26.8 Å². The quantitative estimate of drug-likeness (QED) is 0.707. The molecule has 1 aromatic carbocycles.